The maximum Gasteiger partial charge on any atom is 0.329 e. The molecule has 0 radical (unpaired) electrons. The molecule has 1 unspecified atom stereocenters. The molecular formula is C10H12N6O4. The molecule has 1 aliphatic rings. The summed E-state index contributed by atoms with van der Waals surface area (Å²) < 4.78 is 0. The van der Waals surface area contributed by atoms with Crippen LogP contribution in [0, 0.1) is 10.1 Å². The second-order valence-electron chi connectivity index (χ2n) is 4.08. The first-order valence-electron chi connectivity index (χ1n) is 5.80. The van der Waals surface area contributed by atoms with Gasteiger partial charge in [0.15, 0.2) is 0 Å². The van der Waals surface area contributed by atoms with Gasteiger partial charge >= 0.3 is 5.69 Å². The first-order chi connectivity index (χ1) is 9.51. The number of rotatable bonds is 4. The molecule has 106 valence electrons. The van der Waals surface area contributed by atoms with Crippen molar-refractivity contribution in [2.75, 3.05) is 17.7 Å². The van der Waals surface area contributed by atoms with Gasteiger partial charge in [0.1, 0.15) is 12.2 Å². The van der Waals surface area contributed by atoms with Gasteiger partial charge in [0, 0.05) is 13.5 Å². The number of carbonyl (C=O) groups excluding carboxylic acids is 2. The van der Waals surface area contributed by atoms with Crippen LogP contribution in [0.5, 0.6) is 0 Å². The van der Waals surface area contributed by atoms with Crippen molar-refractivity contribution in [2.24, 2.45) is 0 Å². The van der Waals surface area contributed by atoms with Crippen molar-refractivity contribution in [3.63, 3.8) is 0 Å². The topological polar surface area (TPSA) is 139 Å². The van der Waals surface area contributed by atoms with Gasteiger partial charge in [-0.2, -0.15) is 4.98 Å². The highest BCUT2D eigenvalue weighted by molar-refractivity contribution is 6.01. The number of piperidine rings is 1. The highest BCUT2D eigenvalue weighted by atomic mass is 16.6. The predicted octanol–water partition coefficient (Wildman–Crippen LogP) is -0.356. The fourth-order valence-electron chi connectivity index (χ4n) is 1.73. The summed E-state index contributed by atoms with van der Waals surface area (Å²) in [7, 11) is 1.57. The van der Waals surface area contributed by atoms with Gasteiger partial charge in [-0.3, -0.25) is 25.0 Å². The zero-order valence-corrected chi connectivity index (χ0v) is 10.5. The number of hydrogen-bond acceptors (Lipinski definition) is 8. The standard InChI is InChI=1S/C10H12N6O4/c1-11-10-12-4-6(16(19)20)8(15-10)13-5-2-3-7(17)14-9(5)18/h4-5H,2-3H2,1H3,(H,14,17,18)(H2,11,12,13,15). The predicted molar refractivity (Wildman–Crippen MR) is 68.0 cm³/mol. The lowest BCUT2D eigenvalue weighted by Gasteiger charge is -2.22. The van der Waals surface area contributed by atoms with Gasteiger partial charge in [-0.1, -0.05) is 0 Å². The molecule has 2 rings (SSSR count). The van der Waals surface area contributed by atoms with Crippen molar-refractivity contribution >= 4 is 29.3 Å². The molecule has 1 fully saturated rings. The van der Waals surface area contributed by atoms with Gasteiger partial charge in [0.25, 0.3) is 0 Å². The van der Waals surface area contributed by atoms with Crippen molar-refractivity contribution in [1.82, 2.24) is 15.3 Å². The molecule has 10 nitrogen and oxygen atoms in total. The number of amides is 2. The Labute approximate surface area is 113 Å². The molecule has 0 bridgehead atoms. The van der Waals surface area contributed by atoms with Crippen LogP contribution in [0.3, 0.4) is 0 Å². The number of imide groups is 1. The minimum absolute atomic E-state index is 0.0659. The fraction of sp³-hybridized carbons (Fsp3) is 0.400. The molecule has 3 N–H and O–H groups in total. The van der Waals surface area contributed by atoms with Crippen LogP contribution in [0.4, 0.5) is 17.5 Å². The average molecular weight is 280 g/mol. The van der Waals surface area contributed by atoms with Crippen LogP contribution in [0.25, 0.3) is 0 Å². The quantitative estimate of drug-likeness (QED) is 0.386. The Balaban J connectivity index is 2.25. The van der Waals surface area contributed by atoms with E-state index in [4.69, 9.17) is 0 Å². The number of nitro groups is 1. The monoisotopic (exact) mass is 280 g/mol. The maximum atomic E-state index is 11.6. The summed E-state index contributed by atoms with van der Waals surface area (Å²) >= 11 is 0. The van der Waals surface area contributed by atoms with Crippen LogP contribution in [-0.4, -0.2) is 39.8 Å². The van der Waals surface area contributed by atoms with E-state index in [1.807, 2.05) is 0 Å². The molecule has 20 heavy (non-hydrogen) atoms. The Bertz CT molecular complexity index is 575. The van der Waals surface area contributed by atoms with E-state index in [9.17, 15) is 19.7 Å². The molecule has 10 heteroatoms. The number of hydrogen-bond donors (Lipinski definition) is 3. The summed E-state index contributed by atoms with van der Waals surface area (Å²) in [5, 5.41) is 18.4. The van der Waals surface area contributed by atoms with Crippen LogP contribution in [0.15, 0.2) is 6.20 Å². The summed E-state index contributed by atoms with van der Waals surface area (Å²) in [6, 6.07) is -0.744. The fourth-order valence-corrected chi connectivity index (χ4v) is 1.73. The highest BCUT2D eigenvalue weighted by Gasteiger charge is 2.29. The van der Waals surface area contributed by atoms with E-state index < -0.39 is 16.9 Å². The van der Waals surface area contributed by atoms with Crippen LogP contribution in [0.1, 0.15) is 12.8 Å². The summed E-state index contributed by atoms with van der Waals surface area (Å²) in [6.45, 7) is 0. The Morgan fingerprint density at radius 3 is 2.85 bits per heavy atom. The zero-order valence-electron chi connectivity index (χ0n) is 10.5. The lowest BCUT2D eigenvalue weighted by atomic mass is 10.1. The largest absolute Gasteiger partial charge is 0.357 e. The third-order valence-electron chi connectivity index (χ3n) is 2.74. The number of nitrogens with zero attached hydrogens (tertiary/aromatic N) is 3. The third-order valence-corrected chi connectivity index (χ3v) is 2.74. The van der Waals surface area contributed by atoms with Crippen LogP contribution < -0.4 is 16.0 Å². The van der Waals surface area contributed by atoms with E-state index in [0.717, 1.165) is 6.20 Å². The molecule has 1 aliphatic heterocycles. The normalized spacial score (nSPS) is 18.4. The average Bonchev–Trinajstić information content (AvgIpc) is 2.41. The Morgan fingerprint density at radius 2 is 2.25 bits per heavy atom. The molecule has 2 heterocycles. The minimum atomic E-state index is -0.744. The SMILES string of the molecule is CNc1ncc([N+](=O)[O-])c(NC2CCC(=O)NC2=O)n1. The molecule has 0 aliphatic carbocycles. The summed E-state index contributed by atoms with van der Waals surface area (Å²) in [4.78, 5) is 40.6. The van der Waals surface area contributed by atoms with Crippen molar-refractivity contribution in [2.45, 2.75) is 18.9 Å². The molecule has 0 aromatic carbocycles. The first kappa shape index (κ1) is 13.6. The van der Waals surface area contributed by atoms with E-state index >= 15 is 0 Å². The van der Waals surface area contributed by atoms with Gasteiger partial charge in [0.2, 0.25) is 23.6 Å². The molecule has 1 saturated heterocycles. The molecule has 2 amide bonds. The van der Waals surface area contributed by atoms with E-state index in [-0.39, 0.29) is 36.2 Å². The maximum absolute atomic E-state index is 11.6. The van der Waals surface area contributed by atoms with Crippen LogP contribution in [-0.2, 0) is 9.59 Å². The van der Waals surface area contributed by atoms with Gasteiger partial charge in [0.05, 0.1) is 4.92 Å². The van der Waals surface area contributed by atoms with Gasteiger partial charge in [-0.05, 0) is 6.42 Å². The summed E-state index contributed by atoms with van der Waals surface area (Å²) in [5.41, 5.74) is -0.339. The van der Waals surface area contributed by atoms with E-state index in [1.165, 1.54) is 0 Å². The van der Waals surface area contributed by atoms with E-state index in [1.54, 1.807) is 7.05 Å². The van der Waals surface area contributed by atoms with Crippen molar-refractivity contribution in [3.05, 3.63) is 16.3 Å². The zero-order chi connectivity index (χ0) is 14.7. The highest BCUT2D eigenvalue weighted by Crippen LogP contribution is 2.23. The minimum Gasteiger partial charge on any atom is -0.357 e. The Kier molecular flexibility index (Phi) is 3.73. The van der Waals surface area contributed by atoms with E-state index in [2.05, 4.69) is 25.9 Å². The third kappa shape index (κ3) is 2.79. The lowest BCUT2D eigenvalue weighted by molar-refractivity contribution is -0.384. The van der Waals surface area contributed by atoms with Crippen molar-refractivity contribution in [1.29, 1.82) is 0 Å². The molecule has 1 aromatic rings. The second kappa shape index (κ2) is 5.47. The van der Waals surface area contributed by atoms with Crippen LogP contribution in [0.2, 0.25) is 0 Å². The first-order valence-corrected chi connectivity index (χ1v) is 5.80. The van der Waals surface area contributed by atoms with Crippen molar-refractivity contribution in [3.8, 4) is 0 Å². The number of aromatic nitrogens is 2. The lowest BCUT2D eigenvalue weighted by Crippen LogP contribution is -2.47. The van der Waals surface area contributed by atoms with Crippen molar-refractivity contribution < 1.29 is 14.5 Å². The Hall–Kier alpha value is -2.78. The molecule has 0 saturated carbocycles. The number of carbonyl (C=O) groups is 2. The van der Waals surface area contributed by atoms with Gasteiger partial charge in [-0.25, -0.2) is 4.98 Å². The van der Waals surface area contributed by atoms with E-state index in [0.29, 0.717) is 0 Å². The van der Waals surface area contributed by atoms with Gasteiger partial charge in [-0.15, -0.1) is 0 Å². The second-order valence-corrected chi connectivity index (χ2v) is 4.08. The van der Waals surface area contributed by atoms with Crippen LogP contribution >= 0.6 is 0 Å². The summed E-state index contributed by atoms with van der Waals surface area (Å²) in [5.74, 6) is -0.768. The molecule has 1 aromatic heterocycles. The van der Waals surface area contributed by atoms with Gasteiger partial charge < -0.3 is 10.6 Å². The molecular weight excluding hydrogens is 268 g/mol. The summed E-state index contributed by atoms with van der Waals surface area (Å²) in [6.07, 6.45) is 1.47. The smallest absolute Gasteiger partial charge is 0.329 e. The molecule has 1 atom stereocenters. The number of nitrogens with one attached hydrogen (secondary N) is 3. The number of anilines is 2. The molecule has 0 spiro atoms. The Morgan fingerprint density at radius 1 is 1.50 bits per heavy atom.